The van der Waals surface area contributed by atoms with Gasteiger partial charge in [-0.1, -0.05) is 213 Å². The van der Waals surface area contributed by atoms with Gasteiger partial charge in [0.1, 0.15) is 0 Å². The molecular weight excluding hydrogens is 807 g/mol. The molecule has 0 fully saturated rings. The Kier molecular flexibility index (Phi) is 9.01. The topological polar surface area (TPSA) is 3.24 Å². The summed E-state index contributed by atoms with van der Waals surface area (Å²) < 4.78 is 0. The fraction of sp³-hybridized carbons (Fsp3) is 0.182. The van der Waals surface area contributed by atoms with Crippen molar-refractivity contribution < 1.29 is 0 Å². The van der Waals surface area contributed by atoms with E-state index >= 15 is 0 Å². The summed E-state index contributed by atoms with van der Waals surface area (Å²) in [6, 6.07) is 75.8. The Hall–Kier alpha value is -7.22. The van der Waals surface area contributed by atoms with Crippen molar-refractivity contribution in [1.29, 1.82) is 0 Å². The second kappa shape index (κ2) is 14.6. The van der Waals surface area contributed by atoms with Crippen molar-refractivity contribution in [2.24, 2.45) is 0 Å². The Balaban J connectivity index is 1.02. The summed E-state index contributed by atoms with van der Waals surface area (Å²) in [4.78, 5) is 2.43. The standard InChI is InChI=1S/C66H57N/c1-63(2,3)46-39-55-54-36-30-45(38-60(54)66(62(55)61(40-46)64(4,5)6)57-24-16-13-21-51(57)52-22-14-17-25-58(52)66)44-28-33-48(34-29-44)67(47-31-26-43(27-32-47)42-18-10-9-11-19-42)49-35-37-53-50-20-12-15-23-56(50)65(7,8)59(53)41-49/h9-41H,1-8H3. The molecule has 3 aliphatic carbocycles. The minimum Gasteiger partial charge on any atom is -0.310 e. The van der Waals surface area contributed by atoms with Crippen LogP contribution in [0.3, 0.4) is 0 Å². The first-order chi connectivity index (χ1) is 32.2. The van der Waals surface area contributed by atoms with E-state index in [1.165, 1.54) is 100 Å². The van der Waals surface area contributed by atoms with Crippen LogP contribution in [0.25, 0.3) is 55.6 Å². The van der Waals surface area contributed by atoms with Gasteiger partial charge in [-0.25, -0.2) is 0 Å². The van der Waals surface area contributed by atoms with Crippen LogP contribution in [0.1, 0.15) is 99.9 Å². The Morgan fingerprint density at radius 1 is 0.328 bits per heavy atom. The number of benzene rings is 9. The smallest absolute Gasteiger partial charge is 0.0728 e. The molecule has 0 atom stereocenters. The van der Waals surface area contributed by atoms with E-state index in [1.54, 1.807) is 0 Å². The van der Waals surface area contributed by atoms with Gasteiger partial charge in [-0.2, -0.15) is 0 Å². The van der Waals surface area contributed by atoms with E-state index in [9.17, 15) is 0 Å². The van der Waals surface area contributed by atoms with Gasteiger partial charge in [0.2, 0.25) is 0 Å². The second-order valence-corrected chi connectivity index (χ2v) is 21.7. The van der Waals surface area contributed by atoms with E-state index in [0.29, 0.717) is 0 Å². The van der Waals surface area contributed by atoms with Crippen LogP contribution in [0.15, 0.2) is 200 Å². The van der Waals surface area contributed by atoms with Crippen molar-refractivity contribution in [3.8, 4) is 55.6 Å². The Morgan fingerprint density at radius 3 is 1.36 bits per heavy atom. The quantitative estimate of drug-likeness (QED) is 0.167. The van der Waals surface area contributed by atoms with E-state index in [0.717, 1.165) is 17.1 Å². The van der Waals surface area contributed by atoms with Gasteiger partial charge in [-0.15, -0.1) is 0 Å². The third kappa shape index (κ3) is 6.13. The zero-order chi connectivity index (χ0) is 46.0. The molecular formula is C66H57N. The fourth-order valence-electron chi connectivity index (χ4n) is 12.0. The van der Waals surface area contributed by atoms with E-state index in [2.05, 4.69) is 260 Å². The highest BCUT2D eigenvalue weighted by Gasteiger charge is 2.54. The Bertz CT molecular complexity index is 3380. The van der Waals surface area contributed by atoms with E-state index in [4.69, 9.17) is 0 Å². The largest absolute Gasteiger partial charge is 0.310 e. The van der Waals surface area contributed by atoms with Crippen LogP contribution in [0.5, 0.6) is 0 Å². The van der Waals surface area contributed by atoms with Crippen LogP contribution in [0.4, 0.5) is 17.1 Å². The normalized spacial score (nSPS) is 14.5. The van der Waals surface area contributed by atoms with Gasteiger partial charge < -0.3 is 4.90 Å². The van der Waals surface area contributed by atoms with Crippen molar-refractivity contribution >= 4 is 17.1 Å². The van der Waals surface area contributed by atoms with E-state index < -0.39 is 5.41 Å². The second-order valence-electron chi connectivity index (χ2n) is 21.7. The molecule has 1 heteroatoms. The lowest BCUT2D eigenvalue weighted by molar-refractivity contribution is 0.558. The summed E-state index contributed by atoms with van der Waals surface area (Å²) in [6.07, 6.45) is 0. The van der Waals surface area contributed by atoms with Crippen LogP contribution < -0.4 is 4.90 Å². The van der Waals surface area contributed by atoms with Gasteiger partial charge in [0.15, 0.2) is 0 Å². The molecule has 0 aliphatic heterocycles. The molecule has 3 aliphatic rings. The van der Waals surface area contributed by atoms with Crippen molar-refractivity contribution in [2.75, 3.05) is 4.90 Å². The number of anilines is 3. The predicted octanol–water partition coefficient (Wildman–Crippen LogP) is 17.7. The number of rotatable bonds is 5. The predicted molar refractivity (Wildman–Crippen MR) is 283 cm³/mol. The molecule has 0 bridgehead atoms. The van der Waals surface area contributed by atoms with Crippen molar-refractivity contribution in [3.63, 3.8) is 0 Å². The zero-order valence-corrected chi connectivity index (χ0v) is 40.0. The molecule has 326 valence electrons. The third-order valence-electron chi connectivity index (χ3n) is 15.4. The molecule has 0 saturated heterocycles. The van der Waals surface area contributed by atoms with Crippen LogP contribution in [0.2, 0.25) is 0 Å². The van der Waals surface area contributed by atoms with E-state index in [-0.39, 0.29) is 16.2 Å². The first-order valence-corrected chi connectivity index (χ1v) is 24.1. The average molecular weight is 864 g/mol. The van der Waals surface area contributed by atoms with Crippen LogP contribution in [-0.2, 0) is 21.7 Å². The zero-order valence-electron chi connectivity index (χ0n) is 40.0. The summed E-state index contributed by atoms with van der Waals surface area (Å²) in [5.74, 6) is 0. The van der Waals surface area contributed by atoms with Gasteiger partial charge in [-0.3, -0.25) is 0 Å². The highest BCUT2D eigenvalue weighted by atomic mass is 15.1. The lowest BCUT2D eigenvalue weighted by atomic mass is 9.65. The lowest BCUT2D eigenvalue weighted by Gasteiger charge is -2.36. The molecule has 9 aromatic carbocycles. The van der Waals surface area contributed by atoms with Crippen LogP contribution >= 0.6 is 0 Å². The van der Waals surface area contributed by atoms with Gasteiger partial charge in [0.05, 0.1) is 5.41 Å². The molecule has 0 N–H and O–H groups in total. The van der Waals surface area contributed by atoms with Crippen LogP contribution in [0, 0.1) is 0 Å². The molecule has 1 nitrogen and oxygen atoms in total. The molecule has 0 radical (unpaired) electrons. The van der Waals surface area contributed by atoms with Crippen molar-refractivity contribution in [1.82, 2.24) is 0 Å². The van der Waals surface area contributed by atoms with Gasteiger partial charge >= 0.3 is 0 Å². The van der Waals surface area contributed by atoms with Crippen molar-refractivity contribution in [2.45, 2.75) is 77.0 Å². The number of hydrogen-bond donors (Lipinski definition) is 0. The maximum Gasteiger partial charge on any atom is 0.0728 e. The van der Waals surface area contributed by atoms with Crippen LogP contribution in [-0.4, -0.2) is 0 Å². The number of nitrogens with zero attached hydrogens (tertiary/aromatic N) is 1. The molecule has 9 aromatic rings. The monoisotopic (exact) mass is 863 g/mol. The average Bonchev–Trinajstić information content (AvgIpc) is 3.89. The SMILES string of the molecule is CC(C)(C)c1cc2c(c(C(C)(C)C)c1)C1(c3ccccc3-c3ccccc31)c1cc(-c3ccc(N(c4ccc(-c5ccccc5)cc4)c4ccc5c(c4)C(C)(C)c4ccccc4-5)cc3)ccc1-2. The summed E-state index contributed by atoms with van der Waals surface area (Å²) in [5.41, 5.74) is 26.8. The molecule has 0 unspecified atom stereocenters. The highest BCUT2D eigenvalue weighted by Crippen LogP contribution is 2.65. The minimum atomic E-state index is -0.448. The molecule has 0 saturated carbocycles. The number of fused-ring (bicyclic) bond motifs is 13. The fourth-order valence-corrected chi connectivity index (χ4v) is 12.0. The summed E-state index contributed by atoms with van der Waals surface area (Å²) in [5, 5.41) is 0. The Labute approximate surface area is 397 Å². The van der Waals surface area contributed by atoms with Gasteiger partial charge in [-0.05, 0) is 153 Å². The maximum absolute atomic E-state index is 2.54. The molecule has 0 heterocycles. The summed E-state index contributed by atoms with van der Waals surface area (Å²) in [7, 11) is 0. The molecule has 67 heavy (non-hydrogen) atoms. The molecule has 0 aromatic heterocycles. The third-order valence-corrected chi connectivity index (χ3v) is 15.4. The number of hydrogen-bond acceptors (Lipinski definition) is 1. The molecule has 0 amide bonds. The first kappa shape index (κ1) is 41.2. The van der Waals surface area contributed by atoms with Gasteiger partial charge in [0, 0.05) is 22.5 Å². The summed E-state index contributed by atoms with van der Waals surface area (Å²) in [6.45, 7) is 19.0. The maximum atomic E-state index is 2.54. The molecule has 12 rings (SSSR count). The lowest BCUT2D eigenvalue weighted by Crippen LogP contribution is -2.30. The highest BCUT2D eigenvalue weighted by molar-refractivity contribution is 5.97. The summed E-state index contributed by atoms with van der Waals surface area (Å²) >= 11 is 0. The van der Waals surface area contributed by atoms with Gasteiger partial charge in [0.25, 0.3) is 0 Å². The Morgan fingerprint density at radius 2 is 0.776 bits per heavy atom. The van der Waals surface area contributed by atoms with Crippen molar-refractivity contribution in [3.05, 3.63) is 245 Å². The minimum absolute atomic E-state index is 0.00304. The molecule has 1 spiro atoms. The van der Waals surface area contributed by atoms with E-state index in [1.807, 2.05) is 0 Å². The first-order valence-electron chi connectivity index (χ1n) is 24.1.